The number of rotatable bonds is 7. The third-order valence-electron chi connectivity index (χ3n) is 4.14. The normalized spacial score (nSPS) is 16.9. The average Bonchev–Trinajstić information content (AvgIpc) is 2.59. The van der Waals surface area contributed by atoms with Crippen molar-refractivity contribution in [1.29, 1.82) is 0 Å². The number of benzene rings is 1. The van der Waals surface area contributed by atoms with Crippen molar-refractivity contribution in [2.45, 2.75) is 19.4 Å². The lowest BCUT2D eigenvalue weighted by atomic mass is 9.97. The first kappa shape index (κ1) is 19.2. The summed E-state index contributed by atoms with van der Waals surface area (Å²) < 4.78 is 30.5. The largest absolute Gasteiger partial charge is 0.384 e. The van der Waals surface area contributed by atoms with E-state index in [2.05, 4.69) is 5.32 Å². The van der Waals surface area contributed by atoms with Crippen LogP contribution < -0.4 is 5.32 Å². The van der Waals surface area contributed by atoms with E-state index in [1.54, 1.807) is 12.1 Å². The molecule has 24 heavy (non-hydrogen) atoms. The molecular weight excluding hydrogens is 352 g/mol. The second kappa shape index (κ2) is 8.80. The van der Waals surface area contributed by atoms with Crippen LogP contribution in [0.15, 0.2) is 24.3 Å². The molecule has 8 heteroatoms. The van der Waals surface area contributed by atoms with Crippen molar-refractivity contribution < 1.29 is 17.9 Å². The second-order valence-electron chi connectivity index (χ2n) is 5.83. The van der Waals surface area contributed by atoms with Gasteiger partial charge in [-0.3, -0.25) is 4.79 Å². The Labute approximate surface area is 148 Å². The Morgan fingerprint density at radius 3 is 2.50 bits per heavy atom. The lowest BCUT2D eigenvalue weighted by Crippen LogP contribution is -2.44. The second-order valence-corrected chi connectivity index (χ2v) is 8.35. The summed E-state index contributed by atoms with van der Waals surface area (Å²) in [6, 6.07) is 7.31. The molecule has 0 saturated carbocycles. The van der Waals surface area contributed by atoms with Gasteiger partial charge in [-0.15, -0.1) is 0 Å². The van der Waals surface area contributed by atoms with Crippen LogP contribution in [0.1, 0.15) is 18.4 Å². The van der Waals surface area contributed by atoms with Gasteiger partial charge in [-0.1, -0.05) is 23.7 Å². The Kier molecular flexibility index (Phi) is 7.03. The molecule has 0 aromatic heterocycles. The van der Waals surface area contributed by atoms with Crippen molar-refractivity contribution in [3.63, 3.8) is 0 Å². The fourth-order valence-electron chi connectivity index (χ4n) is 2.65. The number of sulfonamides is 1. The van der Waals surface area contributed by atoms with Crippen LogP contribution in [0.5, 0.6) is 0 Å². The molecule has 1 aliphatic rings. The molecule has 1 aromatic rings. The Morgan fingerprint density at radius 2 is 1.92 bits per heavy atom. The third kappa shape index (κ3) is 5.44. The van der Waals surface area contributed by atoms with Crippen LogP contribution in [0.2, 0.25) is 5.02 Å². The van der Waals surface area contributed by atoms with E-state index in [1.807, 2.05) is 12.1 Å². The highest BCUT2D eigenvalue weighted by molar-refractivity contribution is 7.89. The maximum atomic E-state index is 12.2. The Balaban J connectivity index is 1.79. The van der Waals surface area contributed by atoms with E-state index >= 15 is 0 Å². The van der Waals surface area contributed by atoms with Crippen LogP contribution in [0.3, 0.4) is 0 Å². The van der Waals surface area contributed by atoms with Crippen molar-refractivity contribution >= 4 is 27.5 Å². The van der Waals surface area contributed by atoms with E-state index in [-0.39, 0.29) is 24.2 Å². The molecule has 0 bridgehead atoms. The predicted octanol–water partition coefficient (Wildman–Crippen LogP) is 1.64. The summed E-state index contributed by atoms with van der Waals surface area (Å²) in [6.45, 7) is 1.39. The van der Waals surface area contributed by atoms with Crippen molar-refractivity contribution in [1.82, 2.24) is 9.62 Å². The van der Waals surface area contributed by atoms with E-state index in [0.717, 1.165) is 5.56 Å². The summed E-state index contributed by atoms with van der Waals surface area (Å²) in [5.74, 6) is -0.193. The molecule has 1 amide bonds. The highest BCUT2D eigenvalue weighted by Crippen LogP contribution is 2.20. The van der Waals surface area contributed by atoms with Gasteiger partial charge in [0.25, 0.3) is 0 Å². The van der Waals surface area contributed by atoms with Crippen LogP contribution in [-0.4, -0.2) is 51.2 Å². The van der Waals surface area contributed by atoms with Crippen LogP contribution in [0, 0.1) is 5.92 Å². The maximum absolute atomic E-state index is 12.2. The predicted molar refractivity (Wildman–Crippen MR) is 93.3 cm³/mol. The molecule has 1 N–H and O–H groups in total. The smallest absolute Gasteiger partial charge is 0.223 e. The van der Waals surface area contributed by atoms with Gasteiger partial charge in [0.05, 0.1) is 12.4 Å². The highest BCUT2D eigenvalue weighted by atomic mass is 35.5. The molecule has 0 spiro atoms. The number of amides is 1. The number of carbonyl (C=O) groups excluding carboxylic acids is 1. The van der Waals surface area contributed by atoms with Crippen molar-refractivity contribution in [2.75, 3.05) is 32.6 Å². The van der Waals surface area contributed by atoms with Crippen LogP contribution >= 0.6 is 11.6 Å². The molecule has 0 radical (unpaired) electrons. The molecule has 2 rings (SSSR count). The number of hydrogen-bond acceptors (Lipinski definition) is 4. The molecule has 6 nitrogen and oxygen atoms in total. The van der Waals surface area contributed by atoms with Gasteiger partial charge in [0.15, 0.2) is 0 Å². The summed E-state index contributed by atoms with van der Waals surface area (Å²) in [7, 11) is -1.81. The fourth-order valence-corrected chi connectivity index (χ4v) is 4.18. The lowest BCUT2D eigenvalue weighted by Gasteiger charge is -2.30. The number of nitrogens with one attached hydrogen (secondary N) is 1. The van der Waals surface area contributed by atoms with Crippen LogP contribution in [-0.2, 0) is 26.1 Å². The topological polar surface area (TPSA) is 75.7 Å². The van der Waals surface area contributed by atoms with Gasteiger partial charge in [0, 0.05) is 37.7 Å². The third-order valence-corrected chi connectivity index (χ3v) is 6.23. The first-order chi connectivity index (χ1) is 11.4. The van der Waals surface area contributed by atoms with E-state index in [4.69, 9.17) is 16.3 Å². The zero-order valence-electron chi connectivity index (χ0n) is 13.7. The van der Waals surface area contributed by atoms with Crippen LogP contribution in [0.4, 0.5) is 0 Å². The number of methoxy groups -OCH3 is 1. The summed E-state index contributed by atoms with van der Waals surface area (Å²) in [4.78, 5) is 12.2. The number of piperidine rings is 1. The molecule has 1 aliphatic heterocycles. The first-order valence-electron chi connectivity index (χ1n) is 7.91. The van der Waals surface area contributed by atoms with Gasteiger partial charge in [0.1, 0.15) is 0 Å². The van der Waals surface area contributed by atoms with Gasteiger partial charge in [-0.25, -0.2) is 12.7 Å². The minimum absolute atomic E-state index is 0.0169. The standard InChI is InChI=1S/C16H23ClN2O4S/c1-23-10-11-24(21,22)19-8-6-14(7-9-19)16(20)18-12-13-2-4-15(17)5-3-13/h2-5,14H,6-12H2,1H3,(H,18,20). The lowest BCUT2D eigenvalue weighted by molar-refractivity contribution is -0.126. The van der Waals surface area contributed by atoms with E-state index in [9.17, 15) is 13.2 Å². The average molecular weight is 375 g/mol. The molecule has 1 aromatic carbocycles. The molecule has 0 unspecified atom stereocenters. The van der Waals surface area contributed by atoms with Crippen LogP contribution in [0.25, 0.3) is 0 Å². The Bertz CT molecular complexity index is 641. The summed E-state index contributed by atoms with van der Waals surface area (Å²) in [5, 5.41) is 3.57. The summed E-state index contributed by atoms with van der Waals surface area (Å²) >= 11 is 5.83. The minimum Gasteiger partial charge on any atom is -0.384 e. The summed E-state index contributed by atoms with van der Waals surface area (Å²) in [6.07, 6.45) is 1.08. The SMILES string of the molecule is COCCS(=O)(=O)N1CCC(C(=O)NCc2ccc(Cl)cc2)CC1. The van der Waals surface area contributed by atoms with Gasteiger partial charge in [-0.2, -0.15) is 0 Å². The molecule has 1 fully saturated rings. The molecule has 0 aliphatic carbocycles. The number of ether oxygens (including phenoxy) is 1. The zero-order chi connectivity index (χ0) is 17.6. The quantitative estimate of drug-likeness (QED) is 0.787. The van der Waals surface area contributed by atoms with Gasteiger partial charge in [-0.05, 0) is 30.5 Å². The molecule has 1 heterocycles. The first-order valence-corrected chi connectivity index (χ1v) is 9.90. The van der Waals surface area contributed by atoms with E-state index in [1.165, 1.54) is 11.4 Å². The molecule has 134 valence electrons. The van der Waals surface area contributed by atoms with Crippen molar-refractivity contribution in [3.8, 4) is 0 Å². The van der Waals surface area contributed by atoms with Gasteiger partial charge in [0.2, 0.25) is 15.9 Å². The fraction of sp³-hybridized carbons (Fsp3) is 0.562. The maximum Gasteiger partial charge on any atom is 0.223 e. The number of carbonyl (C=O) groups is 1. The van der Waals surface area contributed by atoms with E-state index < -0.39 is 10.0 Å². The van der Waals surface area contributed by atoms with E-state index in [0.29, 0.717) is 37.5 Å². The summed E-state index contributed by atoms with van der Waals surface area (Å²) in [5.41, 5.74) is 0.979. The van der Waals surface area contributed by atoms with Gasteiger partial charge < -0.3 is 10.1 Å². The number of hydrogen-bond donors (Lipinski definition) is 1. The monoisotopic (exact) mass is 374 g/mol. The minimum atomic E-state index is -3.29. The Morgan fingerprint density at radius 1 is 1.29 bits per heavy atom. The van der Waals surface area contributed by atoms with Gasteiger partial charge >= 0.3 is 0 Å². The molecule has 1 saturated heterocycles. The van der Waals surface area contributed by atoms with Crippen molar-refractivity contribution in [2.24, 2.45) is 5.92 Å². The Hall–Kier alpha value is -1.15. The van der Waals surface area contributed by atoms with Crippen molar-refractivity contribution in [3.05, 3.63) is 34.9 Å². The molecule has 0 atom stereocenters. The zero-order valence-corrected chi connectivity index (χ0v) is 15.3. The molecular formula is C16H23ClN2O4S. The number of nitrogens with zero attached hydrogens (tertiary/aromatic N) is 1. The number of halogens is 1. The highest BCUT2D eigenvalue weighted by Gasteiger charge is 2.30.